The van der Waals surface area contributed by atoms with Crippen LogP contribution in [0, 0.1) is 0 Å². The summed E-state index contributed by atoms with van der Waals surface area (Å²) in [5, 5.41) is 2.93. The molecule has 0 atom stereocenters. The molecule has 1 aliphatic carbocycles. The van der Waals surface area contributed by atoms with Gasteiger partial charge in [-0.2, -0.15) is 0 Å². The largest absolute Gasteiger partial charge is 0.497 e. The first-order chi connectivity index (χ1) is 13.3. The lowest BCUT2D eigenvalue weighted by molar-refractivity contribution is -0.120. The molecular weight excluding hydrogens is 380 g/mol. The lowest BCUT2D eigenvalue weighted by Crippen LogP contribution is -2.32. The van der Waals surface area contributed by atoms with Gasteiger partial charge in [-0.25, -0.2) is 8.42 Å². The molecule has 8 heteroatoms. The van der Waals surface area contributed by atoms with Crippen molar-refractivity contribution in [3.63, 3.8) is 0 Å². The van der Waals surface area contributed by atoms with E-state index in [0.717, 1.165) is 19.1 Å². The SMILES string of the molecule is COc1ccc(OC)c(N(CCCC(=O)NCC2=CCCCC2)S(C)(=O)=O)c1. The maximum absolute atomic E-state index is 12.3. The van der Waals surface area contributed by atoms with Crippen LogP contribution in [-0.4, -0.2) is 47.9 Å². The number of amides is 1. The van der Waals surface area contributed by atoms with E-state index in [-0.39, 0.29) is 18.9 Å². The fourth-order valence-electron chi connectivity index (χ4n) is 3.21. The fourth-order valence-corrected chi connectivity index (χ4v) is 4.17. The number of ether oxygens (including phenoxy) is 2. The van der Waals surface area contributed by atoms with E-state index in [1.807, 2.05) is 0 Å². The van der Waals surface area contributed by atoms with Crippen LogP contribution < -0.4 is 19.1 Å². The quantitative estimate of drug-likeness (QED) is 0.600. The molecule has 7 nitrogen and oxygen atoms in total. The molecule has 0 bridgehead atoms. The Bertz CT molecular complexity index is 805. The summed E-state index contributed by atoms with van der Waals surface area (Å²) in [5.41, 5.74) is 1.68. The van der Waals surface area contributed by atoms with Crippen LogP contribution in [0.1, 0.15) is 38.5 Å². The molecule has 1 aromatic rings. The van der Waals surface area contributed by atoms with Crippen molar-refractivity contribution in [2.45, 2.75) is 38.5 Å². The summed E-state index contributed by atoms with van der Waals surface area (Å²) >= 11 is 0. The molecule has 2 rings (SSSR count). The molecule has 0 saturated heterocycles. The fraction of sp³-hybridized carbons (Fsp3) is 0.550. The number of carbonyl (C=O) groups excluding carboxylic acids is 1. The van der Waals surface area contributed by atoms with Crippen molar-refractivity contribution in [2.75, 3.05) is 37.9 Å². The van der Waals surface area contributed by atoms with Gasteiger partial charge in [-0.05, 0) is 44.2 Å². The second-order valence-electron chi connectivity index (χ2n) is 6.86. The second-order valence-corrected chi connectivity index (χ2v) is 8.77. The molecule has 28 heavy (non-hydrogen) atoms. The van der Waals surface area contributed by atoms with Gasteiger partial charge in [-0.1, -0.05) is 11.6 Å². The monoisotopic (exact) mass is 410 g/mol. The molecule has 1 N–H and O–H groups in total. The highest BCUT2D eigenvalue weighted by molar-refractivity contribution is 7.92. The number of hydrogen-bond acceptors (Lipinski definition) is 5. The van der Waals surface area contributed by atoms with Gasteiger partial charge in [-0.15, -0.1) is 0 Å². The molecule has 0 fully saturated rings. The van der Waals surface area contributed by atoms with Crippen LogP contribution in [0.2, 0.25) is 0 Å². The van der Waals surface area contributed by atoms with Gasteiger partial charge in [-0.3, -0.25) is 9.10 Å². The zero-order chi connectivity index (χ0) is 20.6. The Morgan fingerprint density at radius 2 is 2.00 bits per heavy atom. The number of rotatable bonds is 10. The van der Waals surface area contributed by atoms with Gasteiger partial charge < -0.3 is 14.8 Å². The number of anilines is 1. The van der Waals surface area contributed by atoms with Crippen LogP contribution in [0.3, 0.4) is 0 Å². The summed E-state index contributed by atoms with van der Waals surface area (Å²) < 4.78 is 36.4. The number of methoxy groups -OCH3 is 2. The van der Waals surface area contributed by atoms with Crippen molar-refractivity contribution < 1.29 is 22.7 Å². The minimum Gasteiger partial charge on any atom is -0.497 e. The van der Waals surface area contributed by atoms with E-state index < -0.39 is 10.0 Å². The summed E-state index contributed by atoms with van der Waals surface area (Å²) in [6, 6.07) is 4.99. The number of hydrogen-bond donors (Lipinski definition) is 1. The smallest absolute Gasteiger partial charge is 0.232 e. The van der Waals surface area contributed by atoms with Gasteiger partial charge >= 0.3 is 0 Å². The van der Waals surface area contributed by atoms with Crippen molar-refractivity contribution in [3.05, 3.63) is 29.8 Å². The molecule has 0 spiro atoms. The van der Waals surface area contributed by atoms with Crippen LogP contribution in [0.15, 0.2) is 29.8 Å². The number of nitrogens with zero attached hydrogens (tertiary/aromatic N) is 1. The summed E-state index contributed by atoms with van der Waals surface area (Å²) in [7, 11) is -0.544. The first-order valence-corrected chi connectivity index (χ1v) is 11.3. The van der Waals surface area contributed by atoms with Crippen LogP contribution in [-0.2, 0) is 14.8 Å². The molecule has 156 valence electrons. The Morgan fingerprint density at radius 1 is 1.21 bits per heavy atom. The molecule has 0 radical (unpaired) electrons. The third-order valence-electron chi connectivity index (χ3n) is 4.72. The van der Waals surface area contributed by atoms with Crippen molar-refractivity contribution in [3.8, 4) is 11.5 Å². The first-order valence-electron chi connectivity index (χ1n) is 9.49. The number of nitrogens with one attached hydrogen (secondary N) is 1. The van der Waals surface area contributed by atoms with Gasteiger partial charge in [0.05, 0.1) is 26.2 Å². The Labute approximate surface area is 167 Å². The molecule has 0 aromatic heterocycles. The van der Waals surface area contributed by atoms with Crippen molar-refractivity contribution in [1.82, 2.24) is 5.32 Å². The summed E-state index contributed by atoms with van der Waals surface area (Å²) in [6.07, 6.45) is 8.50. The Balaban J connectivity index is 1.98. The van der Waals surface area contributed by atoms with Gasteiger partial charge in [0.25, 0.3) is 0 Å². The summed E-state index contributed by atoms with van der Waals surface area (Å²) in [5.74, 6) is 0.889. The lowest BCUT2D eigenvalue weighted by atomic mass is 10.00. The number of carbonyl (C=O) groups is 1. The van der Waals surface area contributed by atoms with E-state index in [2.05, 4.69) is 11.4 Å². The maximum Gasteiger partial charge on any atom is 0.232 e. The van der Waals surface area contributed by atoms with E-state index in [1.165, 1.54) is 36.9 Å². The zero-order valence-electron chi connectivity index (χ0n) is 16.9. The molecule has 0 aliphatic heterocycles. The zero-order valence-corrected chi connectivity index (χ0v) is 17.7. The standard InChI is InChI=1S/C20H30N2O5S/c1-26-17-11-12-19(27-2)18(14-17)22(28(3,24)25)13-7-10-20(23)21-15-16-8-5-4-6-9-16/h8,11-12,14H,4-7,9-10,13,15H2,1-3H3,(H,21,23). The molecule has 0 saturated carbocycles. The topological polar surface area (TPSA) is 84.9 Å². The Kier molecular flexibility index (Phi) is 8.17. The minimum atomic E-state index is -3.55. The van der Waals surface area contributed by atoms with Crippen LogP contribution in [0.25, 0.3) is 0 Å². The summed E-state index contributed by atoms with van der Waals surface area (Å²) in [6.45, 7) is 0.761. The third-order valence-corrected chi connectivity index (χ3v) is 5.90. The molecule has 0 unspecified atom stereocenters. The normalized spacial score (nSPS) is 14.2. The molecule has 0 heterocycles. The highest BCUT2D eigenvalue weighted by Gasteiger charge is 2.22. The average molecular weight is 411 g/mol. The van der Waals surface area contributed by atoms with E-state index in [9.17, 15) is 13.2 Å². The van der Waals surface area contributed by atoms with Crippen molar-refractivity contribution >= 4 is 21.6 Å². The maximum atomic E-state index is 12.3. The minimum absolute atomic E-state index is 0.0717. The highest BCUT2D eigenvalue weighted by Crippen LogP contribution is 2.33. The van der Waals surface area contributed by atoms with Gasteiger partial charge in [0, 0.05) is 25.6 Å². The van der Waals surface area contributed by atoms with E-state index >= 15 is 0 Å². The highest BCUT2D eigenvalue weighted by atomic mass is 32.2. The number of allylic oxidation sites excluding steroid dienone is 1. The van der Waals surface area contributed by atoms with Crippen LogP contribution in [0.5, 0.6) is 11.5 Å². The molecular formula is C20H30N2O5S. The predicted molar refractivity (Wildman–Crippen MR) is 111 cm³/mol. The Hall–Kier alpha value is -2.22. The summed E-state index contributed by atoms with van der Waals surface area (Å²) in [4.78, 5) is 12.1. The van der Waals surface area contributed by atoms with E-state index in [1.54, 1.807) is 18.2 Å². The number of benzene rings is 1. The van der Waals surface area contributed by atoms with Crippen molar-refractivity contribution in [1.29, 1.82) is 0 Å². The predicted octanol–water partition coefficient (Wildman–Crippen LogP) is 2.87. The van der Waals surface area contributed by atoms with E-state index in [0.29, 0.717) is 30.2 Å². The third kappa shape index (κ3) is 6.44. The Morgan fingerprint density at radius 3 is 2.61 bits per heavy atom. The molecule has 1 aromatic carbocycles. The van der Waals surface area contributed by atoms with Crippen LogP contribution in [0.4, 0.5) is 5.69 Å². The average Bonchev–Trinajstić information content (AvgIpc) is 2.69. The van der Waals surface area contributed by atoms with Crippen molar-refractivity contribution in [2.24, 2.45) is 0 Å². The number of sulfonamides is 1. The van der Waals surface area contributed by atoms with Gasteiger partial charge in [0.2, 0.25) is 15.9 Å². The first kappa shape index (κ1) is 22.1. The molecule has 1 aliphatic rings. The van der Waals surface area contributed by atoms with E-state index in [4.69, 9.17) is 9.47 Å². The van der Waals surface area contributed by atoms with Gasteiger partial charge in [0.1, 0.15) is 11.5 Å². The lowest BCUT2D eigenvalue weighted by Gasteiger charge is -2.24. The second kappa shape index (κ2) is 10.4. The van der Waals surface area contributed by atoms with Gasteiger partial charge in [0.15, 0.2) is 0 Å². The van der Waals surface area contributed by atoms with Crippen LogP contribution >= 0.6 is 0 Å². The molecule has 1 amide bonds.